The first-order valence-corrected chi connectivity index (χ1v) is 7.69. The van der Waals surface area contributed by atoms with Crippen LogP contribution in [0.1, 0.15) is 24.1 Å². The van der Waals surface area contributed by atoms with Gasteiger partial charge in [0.2, 0.25) is 0 Å². The van der Waals surface area contributed by atoms with Gasteiger partial charge in [0.05, 0.1) is 20.3 Å². The molecule has 2 rings (SSSR count). The Morgan fingerprint density at radius 3 is 2.57 bits per heavy atom. The third kappa shape index (κ3) is 3.77. The molecule has 1 atom stereocenters. The van der Waals surface area contributed by atoms with Crippen molar-refractivity contribution < 1.29 is 9.47 Å². The van der Waals surface area contributed by atoms with Gasteiger partial charge in [-0.25, -0.2) is 0 Å². The molecule has 0 saturated heterocycles. The van der Waals surface area contributed by atoms with E-state index in [0.717, 1.165) is 33.6 Å². The summed E-state index contributed by atoms with van der Waals surface area (Å²) in [6.07, 6.45) is 0. The average molecular weight is 350 g/mol. The summed E-state index contributed by atoms with van der Waals surface area (Å²) in [6, 6.07) is 14.3. The average Bonchev–Trinajstić information content (AvgIpc) is 2.53. The Kier molecular flexibility index (Phi) is 5.65. The maximum absolute atomic E-state index is 5.53. The van der Waals surface area contributed by atoms with Crippen LogP contribution in [-0.4, -0.2) is 20.8 Å². The lowest BCUT2D eigenvalue weighted by molar-refractivity contribution is 0.403. The minimum absolute atomic E-state index is 0.0631. The van der Waals surface area contributed by atoms with Crippen molar-refractivity contribution in [2.75, 3.05) is 20.8 Å². The second kappa shape index (κ2) is 7.48. The molecule has 0 aliphatic rings. The summed E-state index contributed by atoms with van der Waals surface area (Å²) in [6.45, 7) is 2.96. The van der Waals surface area contributed by atoms with Gasteiger partial charge in [-0.3, -0.25) is 0 Å². The Balaban J connectivity index is 2.47. The fourth-order valence-electron chi connectivity index (χ4n) is 2.36. The van der Waals surface area contributed by atoms with Gasteiger partial charge in [0.1, 0.15) is 11.5 Å². The highest BCUT2D eigenvalue weighted by Gasteiger charge is 2.18. The Hall–Kier alpha value is -1.52. The third-order valence-electron chi connectivity index (χ3n) is 3.34. The van der Waals surface area contributed by atoms with E-state index in [1.54, 1.807) is 14.2 Å². The van der Waals surface area contributed by atoms with Crippen molar-refractivity contribution in [1.82, 2.24) is 5.32 Å². The van der Waals surface area contributed by atoms with E-state index in [9.17, 15) is 0 Å². The van der Waals surface area contributed by atoms with E-state index >= 15 is 0 Å². The van der Waals surface area contributed by atoms with Crippen LogP contribution in [0, 0.1) is 0 Å². The van der Waals surface area contributed by atoms with Crippen molar-refractivity contribution in [3.63, 3.8) is 0 Å². The largest absolute Gasteiger partial charge is 0.497 e. The first kappa shape index (κ1) is 15.9. The lowest BCUT2D eigenvalue weighted by Gasteiger charge is -2.22. The van der Waals surface area contributed by atoms with Gasteiger partial charge in [-0.15, -0.1) is 0 Å². The minimum atomic E-state index is 0.0631. The summed E-state index contributed by atoms with van der Waals surface area (Å²) < 4.78 is 11.9. The summed E-state index contributed by atoms with van der Waals surface area (Å²) in [5, 5.41) is 3.51. The maximum atomic E-state index is 5.53. The molecule has 0 fully saturated rings. The van der Waals surface area contributed by atoms with Crippen molar-refractivity contribution >= 4 is 15.9 Å². The van der Waals surface area contributed by atoms with Crippen LogP contribution in [-0.2, 0) is 0 Å². The fraction of sp³-hybridized carbons (Fsp3) is 0.294. The van der Waals surface area contributed by atoms with Crippen LogP contribution in [0.4, 0.5) is 0 Å². The number of methoxy groups -OCH3 is 2. The maximum Gasteiger partial charge on any atom is 0.125 e. The Morgan fingerprint density at radius 2 is 1.90 bits per heavy atom. The van der Waals surface area contributed by atoms with E-state index in [1.165, 1.54) is 0 Å². The topological polar surface area (TPSA) is 30.5 Å². The number of rotatable bonds is 6. The molecule has 0 aliphatic carbocycles. The van der Waals surface area contributed by atoms with Crippen LogP contribution in [0.3, 0.4) is 0 Å². The van der Waals surface area contributed by atoms with Crippen LogP contribution < -0.4 is 14.8 Å². The second-order valence-corrected chi connectivity index (χ2v) is 5.57. The molecule has 2 aromatic rings. The Labute approximate surface area is 134 Å². The zero-order chi connectivity index (χ0) is 15.2. The number of hydrogen-bond acceptors (Lipinski definition) is 3. The molecule has 0 aromatic heterocycles. The van der Waals surface area contributed by atoms with Crippen molar-refractivity contribution in [1.29, 1.82) is 0 Å². The van der Waals surface area contributed by atoms with Crippen molar-refractivity contribution in [2.24, 2.45) is 0 Å². The molecule has 3 nitrogen and oxygen atoms in total. The number of ether oxygens (including phenoxy) is 2. The zero-order valence-electron chi connectivity index (χ0n) is 12.5. The molecule has 0 heterocycles. The third-order valence-corrected chi connectivity index (χ3v) is 3.84. The SMILES string of the molecule is CCNC(c1cccc(OC)c1)c1ccc(Br)cc1OC. The first-order valence-electron chi connectivity index (χ1n) is 6.90. The highest BCUT2D eigenvalue weighted by Crippen LogP contribution is 2.33. The smallest absolute Gasteiger partial charge is 0.125 e. The Morgan fingerprint density at radius 1 is 1.10 bits per heavy atom. The molecular weight excluding hydrogens is 330 g/mol. The van der Waals surface area contributed by atoms with Gasteiger partial charge in [0, 0.05) is 10.0 Å². The minimum Gasteiger partial charge on any atom is -0.497 e. The Bertz CT molecular complexity index is 601. The highest BCUT2D eigenvalue weighted by molar-refractivity contribution is 9.10. The zero-order valence-corrected chi connectivity index (χ0v) is 14.1. The van der Waals surface area contributed by atoms with Crippen molar-refractivity contribution in [3.8, 4) is 11.5 Å². The molecule has 0 bridgehead atoms. The number of hydrogen-bond donors (Lipinski definition) is 1. The van der Waals surface area contributed by atoms with E-state index in [0.29, 0.717) is 0 Å². The van der Waals surface area contributed by atoms with Gasteiger partial charge in [-0.2, -0.15) is 0 Å². The molecule has 1 unspecified atom stereocenters. The quantitative estimate of drug-likeness (QED) is 0.848. The molecule has 2 aromatic carbocycles. The van der Waals surface area contributed by atoms with Crippen molar-refractivity contribution in [3.05, 3.63) is 58.1 Å². The summed E-state index contributed by atoms with van der Waals surface area (Å²) in [7, 11) is 3.38. The van der Waals surface area contributed by atoms with E-state index in [4.69, 9.17) is 9.47 Å². The standard InChI is InChI=1S/C17H20BrNO2/c1-4-19-17(12-6-5-7-14(10-12)20-2)15-9-8-13(18)11-16(15)21-3/h5-11,17,19H,4H2,1-3H3. The second-order valence-electron chi connectivity index (χ2n) is 4.65. The molecular formula is C17H20BrNO2. The van der Waals surface area contributed by atoms with Crippen LogP contribution in [0.25, 0.3) is 0 Å². The van der Waals surface area contributed by atoms with Crippen LogP contribution in [0.2, 0.25) is 0 Å². The predicted molar refractivity (Wildman–Crippen MR) is 89.2 cm³/mol. The molecule has 0 radical (unpaired) electrons. The number of halogens is 1. The molecule has 0 aliphatic heterocycles. The number of benzene rings is 2. The van der Waals surface area contributed by atoms with Gasteiger partial charge in [-0.1, -0.05) is 41.1 Å². The summed E-state index contributed by atoms with van der Waals surface area (Å²) in [4.78, 5) is 0. The normalized spacial score (nSPS) is 12.0. The van der Waals surface area contributed by atoms with Crippen LogP contribution >= 0.6 is 15.9 Å². The summed E-state index contributed by atoms with van der Waals surface area (Å²) in [5.74, 6) is 1.71. The summed E-state index contributed by atoms with van der Waals surface area (Å²) >= 11 is 3.48. The van der Waals surface area contributed by atoms with E-state index in [2.05, 4.69) is 46.4 Å². The molecule has 1 N–H and O–H groups in total. The molecule has 112 valence electrons. The fourth-order valence-corrected chi connectivity index (χ4v) is 2.70. The lowest BCUT2D eigenvalue weighted by Crippen LogP contribution is -2.22. The predicted octanol–water partition coefficient (Wildman–Crippen LogP) is 4.17. The van der Waals surface area contributed by atoms with Gasteiger partial charge in [0.15, 0.2) is 0 Å². The van der Waals surface area contributed by atoms with Crippen LogP contribution in [0.5, 0.6) is 11.5 Å². The molecule has 0 amide bonds. The van der Waals surface area contributed by atoms with Gasteiger partial charge in [-0.05, 0) is 36.4 Å². The monoisotopic (exact) mass is 349 g/mol. The van der Waals surface area contributed by atoms with Gasteiger partial charge >= 0.3 is 0 Å². The van der Waals surface area contributed by atoms with Gasteiger partial charge < -0.3 is 14.8 Å². The van der Waals surface area contributed by atoms with Gasteiger partial charge in [0.25, 0.3) is 0 Å². The molecule has 0 spiro atoms. The molecule has 0 saturated carbocycles. The highest BCUT2D eigenvalue weighted by atomic mass is 79.9. The summed E-state index contributed by atoms with van der Waals surface area (Å²) in [5.41, 5.74) is 2.26. The van der Waals surface area contributed by atoms with E-state index in [-0.39, 0.29) is 6.04 Å². The molecule has 21 heavy (non-hydrogen) atoms. The van der Waals surface area contributed by atoms with E-state index in [1.807, 2.05) is 24.3 Å². The first-order chi connectivity index (χ1) is 10.2. The van der Waals surface area contributed by atoms with E-state index < -0.39 is 0 Å². The molecule has 4 heteroatoms. The lowest BCUT2D eigenvalue weighted by atomic mass is 9.97. The van der Waals surface area contributed by atoms with Crippen molar-refractivity contribution in [2.45, 2.75) is 13.0 Å². The number of nitrogens with one attached hydrogen (secondary N) is 1. The van der Waals surface area contributed by atoms with Crippen LogP contribution in [0.15, 0.2) is 46.9 Å².